The Morgan fingerprint density at radius 2 is 1.50 bits per heavy atom. The summed E-state index contributed by atoms with van der Waals surface area (Å²) in [5, 5.41) is 0. The maximum atomic E-state index is 13.3. The predicted octanol–water partition coefficient (Wildman–Crippen LogP) is 2.71. The molecule has 0 aromatic heterocycles. The highest BCUT2D eigenvalue weighted by molar-refractivity contribution is 7.93. The molecule has 3 aliphatic rings. The van der Waals surface area contributed by atoms with E-state index < -0.39 is 20.0 Å². The van der Waals surface area contributed by atoms with E-state index in [0.29, 0.717) is 25.2 Å². The van der Waals surface area contributed by atoms with Gasteiger partial charge >= 0.3 is 0 Å². The van der Waals surface area contributed by atoms with E-state index >= 15 is 0 Å². The molecule has 0 amide bonds. The summed E-state index contributed by atoms with van der Waals surface area (Å²) in [6.45, 7) is 1.05. The van der Waals surface area contributed by atoms with Crippen molar-refractivity contribution in [2.24, 2.45) is 0 Å². The molecule has 6 nitrogen and oxygen atoms in total. The van der Waals surface area contributed by atoms with Gasteiger partial charge < -0.3 is 0 Å². The van der Waals surface area contributed by atoms with Crippen molar-refractivity contribution in [1.82, 2.24) is 4.31 Å². The van der Waals surface area contributed by atoms with Gasteiger partial charge in [0.15, 0.2) is 0 Å². The van der Waals surface area contributed by atoms with Crippen molar-refractivity contribution in [3.8, 4) is 0 Å². The van der Waals surface area contributed by atoms with Crippen molar-refractivity contribution >= 4 is 25.7 Å². The van der Waals surface area contributed by atoms with E-state index in [9.17, 15) is 16.8 Å². The Morgan fingerprint density at radius 1 is 0.846 bits per heavy atom. The first-order chi connectivity index (χ1) is 12.4. The van der Waals surface area contributed by atoms with Crippen LogP contribution in [0.15, 0.2) is 29.2 Å². The molecule has 1 spiro atoms. The van der Waals surface area contributed by atoms with Crippen molar-refractivity contribution in [3.63, 3.8) is 0 Å². The first-order valence-electron chi connectivity index (χ1n) is 9.49. The molecule has 4 rings (SSSR count). The molecule has 2 saturated heterocycles. The molecule has 2 heterocycles. The van der Waals surface area contributed by atoms with Gasteiger partial charge in [0.1, 0.15) is 0 Å². The summed E-state index contributed by atoms with van der Waals surface area (Å²) in [6, 6.07) is 6.37. The van der Waals surface area contributed by atoms with Gasteiger partial charge in [0.25, 0.3) is 0 Å². The molecular formula is C18H26N2O4S2. The van der Waals surface area contributed by atoms with Crippen molar-refractivity contribution in [2.75, 3.05) is 23.1 Å². The normalized spacial score (nSPS) is 25.8. The number of sulfonamides is 2. The van der Waals surface area contributed by atoms with Crippen molar-refractivity contribution in [2.45, 2.75) is 61.8 Å². The monoisotopic (exact) mass is 398 g/mol. The summed E-state index contributed by atoms with van der Waals surface area (Å²) in [7, 11) is -6.80. The third kappa shape index (κ3) is 2.96. The van der Waals surface area contributed by atoms with Crippen LogP contribution in [0.4, 0.5) is 5.69 Å². The highest BCUT2D eigenvalue weighted by Gasteiger charge is 2.47. The molecule has 26 heavy (non-hydrogen) atoms. The molecule has 0 atom stereocenters. The van der Waals surface area contributed by atoms with Crippen LogP contribution >= 0.6 is 0 Å². The quantitative estimate of drug-likeness (QED) is 0.785. The van der Waals surface area contributed by atoms with Gasteiger partial charge in [-0.05, 0) is 56.4 Å². The minimum atomic E-state index is -3.55. The highest BCUT2D eigenvalue weighted by atomic mass is 32.2. The van der Waals surface area contributed by atoms with Crippen LogP contribution in [0.2, 0.25) is 0 Å². The second-order valence-electron chi connectivity index (χ2n) is 7.70. The van der Waals surface area contributed by atoms with Gasteiger partial charge in [0.05, 0.1) is 16.3 Å². The number of rotatable bonds is 3. The van der Waals surface area contributed by atoms with Gasteiger partial charge in [-0.3, -0.25) is 4.31 Å². The highest BCUT2D eigenvalue weighted by Crippen LogP contribution is 2.44. The minimum absolute atomic E-state index is 0.156. The van der Waals surface area contributed by atoms with Crippen LogP contribution in [0, 0.1) is 0 Å². The Balaban J connectivity index is 1.62. The summed E-state index contributed by atoms with van der Waals surface area (Å²) in [4.78, 5) is 0.268. The standard InChI is InChI=1S/C18H26N2O4S2/c21-25(22)15-5-13-19(25)16-6-8-17(9-7-16)26(23,24)20-14-4-12-18(20)10-2-1-3-11-18/h6-9H,1-5,10-15H2. The number of anilines is 1. The molecule has 0 radical (unpaired) electrons. The predicted molar refractivity (Wildman–Crippen MR) is 101 cm³/mol. The Kier molecular flexibility index (Phi) is 4.56. The van der Waals surface area contributed by atoms with E-state index in [1.54, 1.807) is 28.6 Å². The third-order valence-corrected chi connectivity index (χ3v) is 10.0. The van der Waals surface area contributed by atoms with Crippen LogP contribution < -0.4 is 4.31 Å². The van der Waals surface area contributed by atoms with Crippen LogP contribution in [0.25, 0.3) is 0 Å². The van der Waals surface area contributed by atoms with Crippen molar-refractivity contribution < 1.29 is 16.8 Å². The summed E-state index contributed by atoms with van der Waals surface area (Å²) in [6.07, 6.45) is 7.77. The van der Waals surface area contributed by atoms with E-state index in [0.717, 1.165) is 38.5 Å². The van der Waals surface area contributed by atoms with Crippen molar-refractivity contribution in [1.29, 1.82) is 0 Å². The lowest BCUT2D eigenvalue weighted by Crippen LogP contribution is -2.48. The van der Waals surface area contributed by atoms with Gasteiger partial charge in [0, 0.05) is 18.6 Å². The zero-order chi connectivity index (χ0) is 18.4. The van der Waals surface area contributed by atoms with Crippen LogP contribution in [0.5, 0.6) is 0 Å². The van der Waals surface area contributed by atoms with Gasteiger partial charge in [-0.15, -0.1) is 0 Å². The first kappa shape index (κ1) is 18.3. The number of hydrogen-bond donors (Lipinski definition) is 0. The molecule has 0 unspecified atom stereocenters. The molecule has 8 heteroatoms. The molecule has 1 aliphatic carbocycles. The number of benzene rings is 1. The lowest BCUT2D eigenvalue weighted by molar-refractivity contribution is 0.171. The number of hydrogen-bond acceptors (Lipinski definition) is 4. The lowest BCUT2D eigenvalue weighted by Gasteiger charge is -2.40. The summed E-state index contributed by atoms with van der Waals surface area (Å²) in [5.74, 6) is 0.156. The minimum Gasteiger partial charge on any atom is -0.270 e. The Morgan fingerprint density at radius 3 is 2.12 bits per heavy atom. The number of nitrogens with zero attached hydrogens (tertiary/aromatic N) is 2. The fourth-order valence-electron chi connectivity index (χ4n) is 4.84. The van der Waals surface area contributed by atoms with Gasteiger partial charge in [-0.25, -0.2) is 16.8 Å². The molecule has 1 aromatic carbocycles. The third-order valence-electron chi connectivity index (χ3n) is 6.13. The molecule has 144 valence electrons. The Hall–Kier alpha value is -1.12. The van der Waals surface area contributed by atoms with Gasteiger partial charge in [0.2, 0.25) is 20.0 Å². The van der Waals surface area contributed by atoms with Gasteiger partial charge in [-0.1, -0.05) is 19.3 Å². The van der Waals surface area contributed by atoms with Gasteiger partial charge in [-0.2, -0.15) is 4.31 Å². The Labute approximate surface area is 156 Å². The van der Waals surface area contributed by atoms with Crippen LogP contribution in [-0.4, -0.2) is 45.5 Å². The maximum absolute atomic E-state index is 13.3. The van der Waals surface area contributed by atoms with Crippen LogP contribution in [0.3, 0.4) is 0 Å². The largest absolute Gasteiger partial charge is 0.270 e. The molecular weight excluding hydrogens is 372 g/mol. The second-order valence-corrected chi connectivity index (χ2v) is 11.6. The topological polar surface area (TPSA) is 74.8 Å². The zero-order valence-corrected chi connectivity index (χ0v) is 16.6. The fraction of sp³-hybridized carbons (Fsp3) is 0.667. The average Bonchev–Trinajstić information content (AvgIpc) is 3.19. The zero-order valence-electron chi connectivity index (χ0n) is 14.9. The van der Waals surface area contributed by atoms with E-state index in [4.69, 9.17) is 0 Å². The molecule has 3 fully saturated rings. The molecule has 1 aromatic rings. The van der Waals surface area contributed by atoms with E-state index in [2.05, 4.69) is 0 Å². The SMILES string of the molecule is O=S1(=O)CCCN1c1ccc(S(=O)(=O)N2CCCC23CCCCC3)cc1. The van der Waals surface area contributed by atoms with Crippen LogP contribution in [0.1, 0.15) is 51.4 Å². The fourth-order valence-corrected chi connectivity index (χ4v) is 8.29. The molecule has 0 N–H and O–H groups in total. The van der Waals surface area contributed by atoms with Crippen molar-refractivity contribution in [3.05, 3.63) is 24.3 Å². The average molecular weight is 399 g/mol. The maximum Gasteiger partial charge on any atom is 0.243 e. The molecule has 1 saturated carbocycles. The summed E-state index contributed by atoms with van der Waals surface area (Å²) < 4.78 is 53.7. The second kappa shape index (κ2) is 6.49. The van der Waals surface area contributed by atoms with E-state index in [1.165, 1.54) is 10.7 Å². The van der Waals surface area contributed by atoms with Crippen LogP contribution in [-0.2, 0) is 20.0 Å². The summed E-state index contributed by atoms with van der Waals surface area (Å²) in [5.41, 5.74) is 0.351. The first-order valence-corrected chi connectivity index (χ1v) is 12.5. The smallest absolute Gasteiger partial charge is 0.243 e. The van der Waals surface area contributed by atoms with E-state index in [1.807, 2.05) is 0 Å². The van der Waals surface area contributed by atoms with E-state index in [-0.39, 0.29) is 16.2 Å². The Bertz CT molecular complexity index is 872. The summed E-state index contributed by atoms with van der Waals surface area (Å²) >= 11 is 0. The lowest BCUT2D eigenvalue weighted by atomic mass is 9.81. The molecule has 2 aliphatic heterocycles. The molecule has 0 bridgehead atoms.